The van der Waals surface area contributed by atoms with Crippen LogP contribution in [0.4, 0.5) is 5.69 Å². The molecule has 4 aliphatic rings. The molecule has 1 aromatic rings. The van der Waals surface area contributed by atoms with E-state index < -0.39 is 160 Å². The highest BCUT2D eigenvalue weighted by Crippen LogP contribution is 2.35. The van der Waals surface area contributed by atoms with Gasteiger partial charge in [-0.1, -0.05) is 0 Å². The first-order valence-electron chi connectivity index (χ1n) is 17.7. The summed E-state index contributed by atoms with van der Waals surface area (Å²) < 4.78 is 45.1. The lowest BCUT2D eigenvalue weighted by Crippen LogP contribution is -2.70. The smallest absolute Gasteiger partial charge is 0.269 e. The van der Waals surface area contributed by atoms with E-state index in [4.69, 9.17) is 37.9 Å². The predicted octanol–water partition coefficient (Wildman–Crippen LogP) is -7.61. The molecule has 57 heavy (non-hydrogen) atoms. The Hall–Kier alpha value is -2.87. The number of carbonyl (C=O) groups excluding carboxylic acids is 1. The van der Waals surface area contributed by atoms with Gasteiger partial charge in [-0.05, 0) is 12.1 Å². The third kappa shape index (κ3) is 9.79. The summed E-state index contributed by atoms with van der Waals surface area (Å²) >= 11 is 0. The minimum atomic E-state index is -2.07. The number of nitro groups is 1. The number of nitrogens with one attached hydrogen (secondary N) is 1. The SMILES string of the molecule is CC(=O)N[C@H]1[C@H](O[C@H]2[C@@H](O)[C@@H](CO)O[C@@H](O[C@H]3[C@H](O)[C@@H](O)[C@H](Oc4ccc([N+](=O)[O-])cc4)O[C@@H]3CO)[C@@H]2O)O[C@H](CO)[C@@H](O[C@@H]2O[C@H](CO)[C@H](O)[C@H](O)[C@H]2O)[C@@H]1O. The van der Waals surface area contributed by atoms with Crippen molar-refractivity contribution >= 4 is 11.6 Å². The lowest BCUT2D eigenvalue weighted by Gasteiger charge is -2.50. The fourth-order valence-electron chi connectivity index (χ4n) is 6.81. The fourth-order valence-corrected chi connectivity index (χ4v) is 6.81. The summed E-state index contributed by atoms with van der Waals surface area (Å²) in [6, 6.07) is 2.97. The Labute approximate surface area is 322 Å². The van der Waals surface area contributed by atoms with Gasteiger partial charge in [0.25, 0.3) is 5.69 Å². The molecule has 0 bridgehead atoms. The van der Waals surface area contributed by atoms with E-state index >= 15 is 0 Å². The quantitative estimate of drug-likeness (QED) is 0.0612. The zero-order valence-corrected chi connectivity index (χ0v) is 30.0. The van der Waals surface area contributed by atoms with Crippen LogP contribution in [-0.4, -0.2) is 221 Å². The second-order valence-corrected chi connectivity index (χ2v) is 13.7. The van der Waals surface area contributed by atoms with E-state index in [1.807, 2.05) is 0 Å². The molecule has 0 spiro atoms. The van der Waals surface area contributed by atoms with Gasteiger partial charge in [-0.2, -0.15) is 0 Å². The number of ether oxygens (including phenoxy) is 8. The summed E-state index contributed by atoms with van der Waals surface area (Å²) in [6.07, 6.45) is -33.9. The number of nitro benzene ring substituents is 1. The van der Waals surface area contributed by atoms with E-state index in [0.29, 0.717) is 0 Å². The Morgan fingerprint density at radius 2 is 1.05 bits per heavy atom. The second-order valence-electron chi connectivity index (χ2n) is 13.7. The van der Waals surface area contributed by atoms with Gasteiger partial charge in [-0.25, -0.2) is 0 Å². The lowest BCUT2D eigenvalue weighted by atomic mass is 9.94. The number of hydrogen-bond acceptors (Lipinski definition) is 23. The van der Waals surface area contributed by atoms with Crippen LogP contribution < -0.4 is 10.1 Å². The normalized spacial score (nSPS) is 43.9. The number of carbonyl (C=O) groups is 1. The number of nitrogens with zero attached hydrogens (tertiary/aromatic N) is 1. The zero-order valence-electron chi connectivity index (χ0n) is 30.0. The molecular formula is C32H48N2O23. The van der Waals surface area contributed by atoms with Gasteiger partial charge in [-0.15, -0.1) is 0 Å². The van der Waals surface area contributed by atoms with Crippen molar-refractivity contribution in [3.63, 3.8) is 0 Å². The average Bonchev–Trinajstić information content (AvgIpc) is 3.19. The van der Waals surface area contributed by atoms with Crippen molar-refractivity contribution in [2.24, 2.45) is 0 Å². The molecule has 4 fully saturated rings. The number of rotatable bonds is 14. The molecule has 0 saturated carbocycles. The van der Waals surface area contributed by atoms with Crippen LogP contribution in [0.2, 0.25) is 0 Å². The molecule has 4 saturated heterocycles. The van der Waals surface area contributed by atoms with E-state index in [-0.39, 0.29) is 11.4 Å². The molecule has 1 amide bonds. The first kappa shape index (κ1) is 45.2. The van der Waals surface area contributed by atoms with Crippen LogP contribution in [0.25, 0.3) is 0 Å². The van der Waals surface area contributed by atoms with Crippen molar-refractivity contribution in [1.29, 1.82) is 0 Å². The van der Waals surface area contributed by atoms with E-state index in [9.17, 15) is 76.2 Å². The first-order chi connectivity index (χ1) is 27.0. The number of amides is 1. The van der Waals surface area contributed by atoms with Gasteiger partial charge < -0.3 is 104 Å². The molecule has 4 aliphatic heterocycles. The molecular weight excluding hydrogens is 780 g/mol. The Kier molecular flexibility index (Phi) is 15.4. The number of aliphatic hydroxyl groups is 12. The molecule has 0 aromatic heterocycles. The van der Waals surface area contributed by atoms with Crippen LogP contribution >= 0.6 is 0 Å². The summed E-state index contributed by atoms with van der Waals surface area (Å²) in [5.41, 5.74) is -0.260. The van der Waals surface area contributed by atoms with Gasteiger partial charge in [0.05, 0.1) is 31.4 Å². The summed E-state index contributed by atoms with van der Waals surface area (Å²) in [6.45, 7) is -2.50. The number of aliphatic hydroxyl groups excluding tert-OH is 12. The molecule has 0 unspecified atom stereocenters. The summed E-state index contributed by atoms with van der Waals surface area (Å²) in [5, 5.41) is 140. The summed E-state index contributed by atoms with van der Waals surface area (Å²) in [7, 11) is 0. The maximum absolute atomic E-state index is 12.3. The Balaban J connectivity index is 1.32. The highest BCUT2D eigenvalue weighted by molar-refractivity contribution is 5.73. The van der Waals surface area contributed by atoms with Crippen molar-refractivity contribution in [1.82, 2.24) is 5.32 Å². The fraction of sp³-hybridized carbons (Fsp3) is 0.781. The third-order valence-corrected chi connectivity index (χ3v) is 9.89. The summed E-state index contributed by atoms with van der Waals surface area (Å²) in [5.74, 6) is -0.787. The highest BCUT2D eigenvalue weighted by atomic mass is 16.8. The largest absolute Gasteiger partial charge is 0.462 e. The lowest BCUT2D eigenvalue weighted by molar-refractivity contribution is -0.384. The number of non-ortho nitro benzene ring substituents is 1. The monoisotopic (exact) mass is 828 g/mol. The van der Waals surface area contributed by atoms with Gasteiger partial charge in [0.1, 0.15) is 103 Å². The van der Waals surface area contributed by atoms with Crippen LogP contribution in [0.5, 0.6) is 5.75 Å². The first-order valence-corrected chi connectivity index (χ1v) is 17.7. The molecule has 13 N–H and O–H groups in total. The minimum absolute atomic E-state index is 0.0125. The van der Waals surface area contributed by atoms with Crippen LogP contribution in [0.3, 0.4) is 0 Å². The second kappa shape index (κ2) is 19.5. The molecule has 20 atom stereocenters. The standard InChI is InChI=1S/C32H48N2O23/c1-10(39)33-17-20(42)26(55-31-23(45)21(43)18(40)13(6-35)51-31)15(8-37)53-29(17)57-28-19(41)14(7-36)52-32(25(28)47)56-27-16(9-38)54-30(24(46)22(27)44)50-12-4-2-11(3-5-12)34(48)49/h2-5,13-32,35-38,40-47H,6-9H2,1H3,(H,33,39)/t13-,14-,15-,16-,17-,18+,19+,20-,21+,22-,23-,24-,25-,26-,27-,28+,29+,30-,31+,32+/m1/s1. The van der Waals surface area contributed by atoms with E-state index in [2.05, 4.69) is 5.32 Å². The van der Waals surface area contributed by atoms with Crippen molar-refractivity contribution in [3.05, 3.63) is 34.4 Å². The van der Waals surface area contributed by atoms with Gasteiger partial charge in [0.2, 0.25) is 12.2 Å². The Morgan fingerprint density at radius 1 is 0.596 bits per heavy atom. The molecule has 25 heteroatoms. The van der Waals surface area contributed by atoms with Gasteiger partial charge in [-0.3, -0.25) is 14.9 Å². The van der Waals surface area contributed by atoms with E-state index in [1.54, 1.807) is 0 Å². The molecule has 4 heterocycles. The molecule has 0 aliphatic carbocycles. The molecule has 0 radical (unpaired) electrons. The van der Waals surface area contributed by atoms with E-state index in [0.717, 1.165) is 19.1 Å². The van der Waals surface area contributed by atoms with Crippen LogP contribution in [0.15, 0.2) is 24.3 Å². The Bertz CT molecular complexity index is 1460. The molecule has 1 aromatic carbocycles. The van der Waals surface area contributed by atoms with Crippen molar-refractivity contribution < 1.29 is 109 Å². The predicted molar refractivity (Wildman–Crippen MR) is 177 cm³/mol. The average molecular weight is 829 g/mol. The summed E-state index contributed by atoms with van der Waals surface area (Å²) in [4.78, 5) is 22.6. The Morgan fingerprint density at radius 3 is 1.58 bits per heavy atom. The van der Waals surface area contributed by atoms with Gasteiger partial charge in [0, 0.05) is 19.1 Å². The highest BCUT2D eigenvalue weighted by Gasteiger charge is 2.56. The number of hydrogen-bond donors (Lipinski definition) is 13. The topological polar surface area (TPSA) is 389 Å². The molecule has 25 nitrogen and oxygen atoms in total. The number of benzene rings is 1. The molecule has 5 rings (SSSR count). The zero-order chi connectivity index (χ0) is 41.9. The van der Waals surface area contributed by atoms with Gasteiger partial charge in [0.15, 0.2) is 18.9 Å². The molecule has 324 valence electrons. The maximum atomic E-state index is 12.3. The van der Waals surface area contributed by atoms with Gasteiger partial charge >= 0.3 is 0 Å². The van der Waals surface area contributed by atoms with Crippen LogP contribution in [0, 0.1) is 10.1 Å². The van der Waals surface area contributed by atoms with Crippen molar-refractivity contribution in [3.8, 4) is 5.75 Å². The minimum Gasteiger partial charge on any atom is -0.462 e. The van der Waals surface area contributed by atoms with Crippen molar-refractivity contribution in [2.45, 2.75) is 130 Å². The maximum Gasteiger partial charge on any atom is 0.269 e. The van der Waals surface area contributed by atoms with Crippen molar-refractivity contribution in [2.75, 3.05) is 26.4 Å². The van der Waals surface area contributed by atoms with E-state index in [1.165, 1.54) is 12.1 Å². The van der Waals surface area contributed by atoms with Crippen LogP contribution in [0.1, 0.15) is 6.92 Å². The third-order valence-electron chi connectivity index (χ3n) is 9.89. The van der Waals surface area contributed by atoms with Crippen LogP contribution in [-0.2, 0) is 38.0 Å².